The van der Waals surface area contributed by atoms with Gasteiger partial charge in [0.2, 0.25) is 0 Å². The molecule has 5 heteroatoms. The number of hydrogen-bond donors (Lipinski definition) is 0. The van der Waals surface area contributed by atoms with Crippen molar-refractivity contribution in [2.75, 3.05) is 6.54 Å². The van der Waals surface area contributed by atoms with Crippen molar-refractivity contribution < 1.29 is 4.79 Å². The third-order valence-corrected chi connectivity index (χ3v) is 6.85. The van der Waals surface area contributed by atoms with Gasteiger partial charge in [-0.1, -0.05) is 30.4 Å². The van der Waals surface area contributed by atoms with Gasteiger partial charge in [-0.15, -0.1) is 0 Å². The lowest BCUT2D eigenvalue weighted by Gasteiger charge is -2.28. The number of aromatic nitrogens is 3. The van der Waals surface area contributed by atoms with Crippen molar-refractivity contribution in [1.29, 1.82) is 0 Å². The van der Waals surface area contributed by atoms with E-state index in [2.05, 4.69) is 35.4 Å². The second-order valence-corrected chi connectivity index (χ2v) is 8.77. The Morgan fingerprint density at radius 3 is 2.66 bits per heavy atom. The Kier molecular flexibility index (Phi) is 4.34. The zero-order valence-corrected chi connectivity index (χ0v) is 17.4. The number of aryl methyl sites for hydroxylation is 3. The number of benzene rings is 1. The summed E-state index contributed by atoms with van der Waals surface area (Å²) in [7, 11) is 3.94. The zero-order valence-electron chi connectivity index (χ0n) is 17.4. The molecule has 1 saturated carbocycles. The molecule has 1 amide bonds. The summed E-state index contributed by atoms with van der Waals surface area (Å²) in [6.45, 7) is 3.40. The first kappa shape index (κ1) is 18.2. The molecule has 2 aliphatic rings. The molecular weight excluding hydrogens is 360 g/mol. The lowest BCUT2D eigenvalue weighted by Crippen LogP contribution is -2.37. The summed E-state index contributed by atoms with van der Waals surface area (Å²) in [6.07, 6.45) is 7.17. The van der Waals surface area contributed by atoms with Gasteiger partial charge < -0.3 is 9.47 Å². The maximum Gasteiger partial charge on any atom is 0.270 e. The van der Waals surface area contributed by atoms with E-state index >= 15 is 0 Å². The van der Waals surface area contributed by atoms with Crippen molar-refractivity contribution >= 4 is 16.8 Å². The van der Waals surface area contributed by atoms with Crippen LogP contribution in [0.3, 0.4) is 0 Å². The van der Waals surface area contributed by atoms with Gasteiger partial charge in [-0.2, -0.15) is 5.10 Å². The molecule has 0 unspecified atom stereocenters. The minimum atomic E-state index is 0.0961. The summed E-state index contributed by atoms with van der Waals surface area (Å²) in [5.74, 6) is 1.97. The van der Waals surface area contributed by atoms with E-state index in [1.165, 1.54) is 12.8 Å². The molecular formula is C24H28N4O. The second kappa shape index (κ2) is 6.90. The summed E-state index contributed by atoms with van der Waals surface area (Å²) in [4.78, 5) is 15.7. The molecule has 0 N–H and O–H groups in total. The fourth-order valence-corrected chi connectivity index (χ4v) is 5.17. The zero-order chi connectivity index (χ0) is 20.1. The van der Waals surface area contributed by atoms with Crippen molar-refractivity contribution in [1.82, 2.24) is 19.2 Å². The Labute approximate surface area is 171 Å². The Morgan fingerprint density at radius 1 is 1.17 bits per heavy atom. The first-order valence-corrected chi connectivity index (χ1v) is 10.5. The summed E-state index contributed by atoms with van der Waals surface area (Å²) in [5.41, 5.74) is 3.90. The Balaban J connectivity index is 1.46. The van der Waals surface area contributed by atoms with E-state index in [1.807, 2.05) is 53.4 Å². The number of fused-ring (bicyclic) bond motifs is 3. The topological polar surface area (TPSA) is 43.1 Å². The number of carbonyl (C=O) groups excluding carboxylic acids is 1. The van der Waals surface area contributed by atoms with Crippen LogP contribution in [0.5, 0.6) is 0 Å². The van der Waals surface area contributed by atoms with E-state index < -0.39 is 0 Å². The highest BCUT2D eigenvalue weighted by molar-refractivity contribution is 5.98. The first-order chi connectivity index (χ1) is 14.0. The fourth-order valence-electron chi connectivity index (χ4n) is 5.17. The van der Waals surface area contributed by atoms with E-state index in [9.17, 15) is 4.79 Å². The van der Waals surface area contributed by atoms with Gasteiger partial charge in [0.05, 0.1) is 12.2 Å². The average molecular weight is 389 g/mol. The van der Waals surface area contributed by atoms with E-state index in [1.54, 1.807) is 0 Å². The normalized spacial score (nSPS) is 22.7. The van der Waals surface area contributed by atoms with Crippen molar-refractivity contribution in [3.05, 3.63) is 65.6 Å². The van der Waals surface area contributed by atoms with Crippen LogP contribution in [0.25, 0.3) is 10.9 Å². The van der Waals surface area contributed by atoms with Gasteiger partial charge in [-0.25, -0.2) is 0 Å². The van der Waals surface area contributed by atoms with Crippen LogP contribution in [-0.4, -0.2) is 31.7 Å². The summed E-state index contributed by atoms with van der Waals surface area (Å²) < 4.78 is 3.91. The molecule has 2 heterocycles. The molecule has 1 fully saturated rings. The van der Waals surface area contributed by atoms with Gasteiger partial charge in [0.15, 0.2) is 0 Å². The van der Waals surface area contributed by atoms with E-state index in [4.69, 9.17) is 0 Å². The number of allylic oxidation sites excluding steroid dienone is 2. The molecule has 0 radical (unpaired) electrons. The van der Waals surface area contributed by atoms with Crippen LogP contribution < -0.4 is 0 Å². The van der Waals surface area contributed by atoms with Gasteiger partial charge in [-0.3, -0.25) is 9.48 Å². The Hall–Kier alpha value is -2.82. The van der Waals surface area contributed by atoms with Crippen LogP contribution in [0, 0.1) is 24.7 Å². The molecule has 0 saturated heterocycles. The summed E-state index contributed by atoms with van der Waals surface area (Å²) in [6, 6.07) is 12.3. The number of para-hydroxylation sites is 1. The van der Waals surface area contributed by atoms with Crippen LogP contribution in [0.15, 0.2) is 48.6 Å². The SMILES string of the molecule is Cc1cc(CN(C[C@H]2C[C@H]3C=C[C@H]2C3)C(=O)c2cc3ccccc3n2C)nn1C. The smallest absolute Gasteiger partial charge is 0.270 e. The van der Waals surface area contributed by atoms with Gasteiger partial charge in [0, 0.05) is 37.2 Å². The highest BCUT2D eigenvalue weighted by Crippen LogP contribution is 2.43. The van der Waals surface area contributed by atoms with Crippen molar-refractivity contribution in [3.8, 4) is 0 Å². The molecule has 1 aromatic carbocycles. The predicted octanol–water partition coefficient (Wildman–Crippen LogP) is 4.07. The first-order valence-electron chi connectivity index (χ1n) is 10.5. The maximum atomic E-state index is 13.7. The molecule has 3 aromatic rings. The third kappa shape index (κ3) is 3.18. The van der Waals surface area contributed by atoms with Crippen LogP contribution in [-0.2, 0) is 20.6 Å². The highest BCUT2D eigenvalue weighted by Gasteiger charge is 2.37. The van der Waals surface area contributed by atoms with Crippen LogP contribution in [0.1, 0.15) is 34.7 Å². The van der Waals surface area contributed by atoms with Crippen molar-refractivity contribution in [2.24, 2.45) is 31.8 Å². The van der Waals surface area contributed by atoms with E-state index in [0.29, 0.717) is 24.3 Å². The van der Waals surface area contributed by atoms with Gasteiger partial charge in [-0.05, 0) is 55.7 Å². The van der Waals surface area contributed by atoms with Crippen LogP contribution >= 0.6 is 0 Å². The summed E-state index contributed by atoms with van der Waals surface area (Å²) >= 11 is 0. The minimum absolute atomic E-state index is 0.0961. The quantitative estimate of drug-likeness (QED) is 0.618. The molecule has 150 valence electrons. The van der Waals surface area contributed by atoms with E-state index in [-0.39, 0.29) is 5.91 Å². The molecule has 0 spiro atoms. The number of carbonyl (C=O) groups is 1. The van der Waals surface area contributed by atoms with Gasteiger partial charge >= 0.3 is 0 Å². The molecule has 2 bridgehead atoms. The van der Waals surface area contributed by atoms with Crippen molar-refractivity contribution in [3.63, 3.8) is 0 Å². The molecule has 0 aliphatic heterocycles. The third-order valence-electron chi connectivity index (χ3n) is 6.85. The number of amides is 1. The predicted molar refractivity (Wildman–Crippen MR) is 114 cm³/mol. The molecule has 2 aromatic heterocycles. The molecule has 2 aliphatic carbocycles. The van der Waals surface area contributed by atoms with E-state index in [0.717, 1.165) is 34.5 Å². The summed E-state index contributed by atoms with van der Waals surface area (Å²) in [5, 5.41) is 5.72. The van der Waals surface area contributed by atoms with Crippen molar-refractivity contribution in [2.45, 2.75) is 26.3 Å². The molecule has 5 nitrogen and oxygen atoms in total. The largest absolute Gasteiger partial charge is 0.340 e. The number of rotatable bonds is 5. The maximum absolute atomic E-state index is 13.7. The van der Waals surface area contributed by atoms with Crippen LogP contribution in [0.4, 0.5) is 0 Å². The van der Waals surface area contributed by atoms with Gasteiger partial charge in [0.1, 0.15) is 5.69 Å². The Bertz CT molecular complexity index is 1090. The number of hydrogen-bond acceptors (Lipinski definition) is 2. The molecule has 3 atom stereocenters. The monoisotopic (exact) mass is 388 g/mol. The highest BCUT2D eigenvalue weighted by atomic mass is 16.2. The van der Waals surface area contributed by atoms with Crippen LogP contribution in [0.2, 0.25) is 0 Å². The lowest BCUT2D eigenvalue weighted by molar-refractivity contribution is 0.0693. The molecule has 29 heavy (non-hydrogen) atoms. The van der Waals surface area contributed by atoms with Gasteiger partial charge in [0.25, 0.3) is 5.91 Å². The molecule has 5 rings (SSSR count). The lowest BCUT2D eigenvalue weighted by atomic mass is 9.93. The minimum Gasteiger partial charge on any atom is -0.340 e. The standard InChI is InChI=1S/C24H28N4O/c1-16-10-21(25-27(16)3)15-28(14-20-12-17-8-9-18(20)11-17)24(29)23-13-19-6-4-5-7-22(19)26(23)2/h4-10,13,17-18,20H,11-12,14-15H2,1-3H3/t17-,18-,20+/m0/s1. The average Bonchev–Trinajstić information content (AvgIpc) is 3.47. The fraction of sp³-hybridized carbons (Fsp3) is 0.417. The number of nitrogens with zero attached hydrogens (tertiary/aromatic N) is 4. The Morgan fingerprint density at radius 2 is 2.00 bits per heavy atom. The second-order valence-electron chi connectivity index (χ2n) is 8.77.